The van der Waals surface area contributed by atoms with Gasteiger partial charge in [-0.3, -0.25) is 0 Å². The molecule has 4 nitrogen and oxygen atoms in total. The van der Waals surface area contributed by atoms with Gasteiger partial charge in [0.05, 0.1) is 5.75 Å². The van der Waals surface area contributed by atoms with E-state index in [1.54, 1.807) is 0 Å². The van der Waals surface area contributed by atoms with Crippen LogP contribution in [-0.2, 0) is 16.6 Å². The molecule has 1 aromatic carbocycles. The fourth-order valence-corrected chi connectivity index (χ4v) is 2.24. The first-order valence-corrected chi connectivity index (χ1v) is 7.85. The highest BCUT2D eigenvalue weighted by Gasteiger charge is 2.01. The third-order valence-corrected chi connectivity index (χ3v) is 4.08. The Balaban J connectivity index is 2.29. The van der Waals surface area contributed by atoms with Crippen LogP contribution >= 0.6 is 15.9 Å². The molecular weight excluding hydrogens is 304 g/mol. The van der Waals surface area contributed by atoms with Gasteiger partial charge in [-0.15, -0.1) is 0 Å². The molecule has 6 heteroatoms. The number of nitrogens with one attached hydrogen (secondary N) is 1. The maximum atomic E-state index is 10.7. The SMILES string of the molecule is Cc1cc(CNCCCS(N)(=O)=O)ccc1Br. The molecule has 0 atom stereocenters. The van der Waals surface area contributed by atoms with Gasteiger partial charge in [0.25, 0.3) is 0 Å². The normalized spacial score (nSPS) is 11.7. The van der Waals surface area contributed by atoms with Crippen molar-refractivity contribution < 1.29 is 8.42 Å². The monoisotopic (exact) mass is 320 g/mol. The van der Waals surface area contributed by atoms with Gasteiger partial charge in [0.1, 0.15) is 0 Å². The number of aryl methyl sites for hydroxylation is 1. The van der Waals surface area contributed by atoms with Crippen molar-refractivity contribution in [3.8, 4) is 0 Å². The molecule has 0 fully saturated rings. The van der Waals surface area contributed by atoms with Crippen molar-refractivity contribution in [3.05, 3.63) is 33.8 Å². The summed E-state index contributed by atoms with van der Waals surface area (Å²) in [6.45, 7) is 3.42. The number of sulfonamides is 1. The Morgan fingerprint density at radius 3 is 2.71 bits per heavy atom. The van der Waals surface area contributed by atoms with Crippen molar-refractivity contribution in [1.29, 1.82) is 0 Å². The second kappa shape index (κ2) is 6.49. The Morgan fingerprint density at radius 2 is 2.12 bits per heavy atom. The molecule has 0 heterocycles. The van der Waals surface area contributed by atoms with Gasteiger partial charge in [-0.25, -0.2) is 13.6 Å². The predicted molar refractivity (Wildman–Crippen MR) is 73.2 cm³/mol. The molecule has 0 spiro atoms. The van der Waals surface area contributed by atoms with Gasteiger partial charge < -0.3 is 5.32 Å². The predicted octanol–water partition coefficient (Wildman–Crippen LogP) is 1.53. The number of halogens is 1. The van der Waals surface area contributed by atoms with Crippen LogP contribution in [0.5, 0.6) is 0 Å². The first-order chi connectivity index (χ1) is 7.88. The van der Waals surface area contributed by atoms with Crippen molar-refractivity contribution in [2.24, 2.45) is 5.14 Å². The fraction of sp³-hybridized carbons (Fsp3) is 0.455. The summed E-state index contributed by atoms with van der Waals surface area (Å²) >= 11 is 3.44. The van der Waals surface area contributed by atoms with Gasteiger partial charge >= 0.3 is 0 Å². The molecule has 0 radical (unpaired) electrons. The Bertz CT molecular complexity index is 474. The third kappa shape index (κ3) is 6.16. The zero-order valence-electron chi connectivity index (χ0n) is 9.74. The zero-order chi connectivity index (χ0) is 12.9. The molecule has 0 saturated carbocycles. The van der Waals surface area contributed by atoms with Gasteiger partial charge in [-0.05, 0) is 37.1 Å². The van der Waals surface area contributed by atoms with E-state index in [-0.39, 0.29) is 5.75 Å². The van der Waals surface area contributed by atoms with Crippen molar-refractivity contribution in [3.63, 3.8) is 0 Å². The van der Waals surface area contributed by atoms with Crippen LogP contribution < -0.4 is 10.5 Å². The second-order valence-electron chi connectivity index (χ2n) is 3.98. The van der Waals surface area contributed by atoms with E-state index in [1.165, 1.54) is 11.1 Å². The van der Waals surface area contributed by atoms with Gasteiger partial charge in [-0.2, -0.15) is 0 Å². The van der Waals surface area contributed by atoms with Crippen LogP contribution in [0.1, 0.15) is 17.5 Å². The molecule has 0 saturated heterocycles. The number of rotatable bonds is 6. The highest BCUT2D eigenvalue weighted by Crippen LogP contribution is 2.16. The highest BCUT2D eigenvalue weighted by atomic mass is 79.9. The highest BCUT2D eigenvalue weighted by molar-refractivity contribution is 9.10. The largest absolute Gasteiger partial charge is 0.313 e. The summed E-state index contributed by atoms with van der Waals surface area (Å²) in [6, 6.07) is 6.14. The van der Waals surface area contributed by atoms with Crippen LogP contribution in [0.4, 0.5) is 0 Å². The van der Waals surface area contributed by atoms with E-state index in [4.69, 9.17) is 5.14 Å². The van der Waals surface area contributed by atoms with E-state index >= 15 is 0 Å². The van der Waals surface area contributed by atoms with Crippen LogP contribution in [0.25, 0.3) is 0 Å². The van der Waals surface area contributed by atoms with Crippen molar-refractivity contribution in [1.82, 2.24) is 5.32 Å². The lowest BCUT2D eigenvalue weighted by atomic mass is 10.1. The molecule has 0 amide bonds. The number of benzene rings is 1. The molecule has 3 N–H and O–H groups in total. The van der Waals surface area contributed by atoms with Gasteiger partial charge in [-0.1, -0.05) is 28.1 Å². The number of hydrogen-bond donors (Lipinski definition) is 2. The average molecular weight is 321 g/mol. The molecule has 1 aromatic rings. The molecule has 0 aromatic heterocycles. The molecule has 1 rings (SSSR count). The lowest BCUT2D eigenvalue weighted by Gasteiger charge is -2.06. The molecule has 96 valence electrons. The molecule has 0 bridgehead atoms. The van der Waals surface area contributed by atoms with Gasteiger partial charge in [0.15, 0.2) is 0 Å². The van der Waals surface area contributed by atoms with Gasteiger partial charge in [0.2, 0.25) is 10.0 Å². The Hall–Kier alpha value is -0.430. The second-order valence-corrected chi connectivity index (χ2v) is 6.57. The van der Waals surface area contributed by atoms with Crippen LogP contribution in [0.2, 0.25) is 0 Å². The van der Waals surface area contributed by atoms with E-state index in [9.17, 15) is 8.42 Å². The lowest BCUT2D eigenvalue weighted by molar-refractivity contribution is 0.590. The molecule has 0 aliphatic heterocycles. The summed E-state index contributed by atoms with van der Waals surface area (Å²) < 4.78 is 22.5. The van der Waals surface area contributed by atoms with Crippen LogP contribution in [0.15, 0.2) is 22.7 Å². The van der Waals surface area contributed by atoms with Crippen LogP contribution in [-0.4, -0.2) is 20.7 Å². The maximum absolute atomic E-state index is 10.7. The molecular formula is C11H17BrN2O2S. The van der Waals surface area contributed by atoms with E-state index in [0.29, 0.717) is 13.0 Å². The van der Waals surface area contributed by atoms with E-state index in [1.807, 2.05) is 19.1 Å². The number of primary sulfonamides is 1. The van der Waals surface area contributed by atoms with Crippen molar-refractivity contribution >= 4 is 26.0 Å². The summed E-state index contributed by atoms with van der Waals surface area (Å²) in [5, 5.41) is 8.09. The third-order valence-electron chi connectivity index (χ3n) is 2.33. The topological polar surface area (TPSA) is 72.2 Å². The maximum Gasteiger partial charge on any atom is 0.209 e. The van der Waals surface area contributed by atoms with E-state index in [0.717, 1.165) is 11.0 Å². The summed E-state index contributed by atoms with van der Waals surface area (Å²) in [7, 11) is -3.33. The quantitative estimate of drug-likeness (QED) is 0.781. The average Bonchev–Trinajstić information content (AvgIpc) is 2.21. The van der Waals surface area contributed by atoms with Crippen molar-refractivity contribution in [2.45, 2.75) is 19.9 Å². The minimum Gasteiger partial charge on any atom is -0.313 e. The van der Waals surface area contributed by atoms with E-state index < -0.39 is 10.0 Å². The Labute approximate surface area is 111 Å². The zero-order valence-corrected chi connectivity index (χ0v) is 12.1. The first-order valence-electron chi connectivity index (χ1n) is 5.35. The summed E-state index contributed by atoms with van der Waals surface area (Å²) in [5.41, 5.74) is 2.37. The minimum atomic E-state index is -3.33. The fourth-order valence-electron chi connectivity index (χ4n) is 1.45. The molecule has 17 heavy (non-hydrogen) atoms. The van der Waals surface area contributed by atoms with Crippen LogP contribution in [0, 0.1) is 6.92 Å². The lowest BCUT2D eigenvalue weighted by Crippen LogP contribution is -2.22. The van der Waals surface area contributed by atoms with Crippen LogP contribution in [0.3, 0.4) is 0 Å². The smallest absolute Gasteiger partial charge is 0.209 e. The summed E-state index contributed by atoms with van der Waals surface area (Å²) in [6.07, 6.45) is 0.536. The Morgan fingerprint density at radius 1 is 1.41 bits per heavy atom. The molecule has 0 unspecified atom stereocenters. The van der Waals surface area contributed by atoms with E-state index in [2.05, 4.69) is 27.3 Å². The summed E-state index contributed by atoms with van der Waals surface area (Å²) in [4.78, 5) is 0. The van der Waals surface area contributed by atoms with Crippen molar-refractivity contribution in [2.75, 3.05) is 12.3 Å². The molecule has 0 aliphatic rings. The number of hydrogen-bond acceptors (Lipinski definition) is 3. The summed E-state index contributed by atoms with van der Waals surface area (Å²) in [5.74, 6) is 0.0271. The minimum absolute atomic E-state index is 0.0271. The molecule has 0 aliphatic carbocycles. The van der Waals surface area contributed by atoms with Gasteiger partial charge in [0, 0.05) is 11.0 Å². The first kappa shape index (κ1) is 14.6. The Kier molecular flexibility index (Phi) is 5.58. The standard InChI is InChI=1S/C11H17BrN2O2S/c1-9-7-10(3-4-11(9)12)8-14-5-2-6-17(13,15)16/h3-4,7,14H,2,5-6,8H2,1H3,(H2,13,15,16). The number of nitrogens with two attached hydrogens (primary N) is 1.